The minimum atomic E-state index is -0.256. The average molecular weight is 231 g/mol. The number of aliphatic hydroxyl groups is 1. The van der Waals surface area contributed by atoms with Crippen LogP contribution < -0.4 is 0 Å². The first-order chi connectivity index (χ1) is 8.36. The van der Waals surface area contributed by atoms with Gasteiger partial charge in [-0.2, -0.15) is 0 Å². The molecule has 0 spiro atoms. The van der Waals surface area contributed by atoms with E-state index in [2.05, 4.69) is 17.1 Å². The second-order valence-corrected chi connectivity index (χ2v) is 4.79. The summed E-state index contributed by atoms with van der Waals surface area (Å²) in [5.41, 5.74) is 2.46. The highest BCUT2D eigenvalue weighted by Crippen LogP contribution is 2.22. The third-order valence-electron chi connectivity index (χ3n) is 3.43. The molecule has 0 saturated heterocycles. The highest BCUT2D eigenvalue weighted by atomic mass is 16.3. The molecule has 1 unspecified atom stereocenters. The summed E-state index contributed by atoms with van der Waals surface area (Å²) >= 11 is 0. The Kier molecular flexibility index (Phi) is 4.75. The molecular weight excluding hydrogens is 210 g/mol. The smallest absolute Gasteiger partial charge is 0.0753 e. The fourth-order valence-electron chi connectivity index (χ4n) is 2.38. The van der Waals surface area contributed by atoms with Crippen LogP contribution in [0, 0.1) is 0 Å². The van der Waals surface area contributed by atoms with Crippen molar-refractivity contribution in [3.05, 3.63) is 41.7 Å². The SMILES string of the molecule is OC(CCc1cccnc1)C1=CCCCCC1. The highest BCUT2D eigenvalue weighted by molar-refractivity contribution is 5.13. The molecule has 0 radical (unpaired) electrons. The number of pyridine rings is 1. The molecule has 0 saturated carbocycles. The number of hydrogen-bond donors (Lipinski definition) is 1. The second kappa shape index (κ2) is 6.55. The van der Waals surface area contributed by atoms with E-state index in [1.807, 2.05) is 12.3 Å². The molecule has 2 nitrogen and oxygen atoms in total. The maximum atomic E-state index is 10.2. The lowest BCUT2D eigenvalue weighted by Gasteiger charge is -2.14. The van der Waals surface area contributed by atoms with Crippen LogP contribution in [0.2, 0.25) is 0 Å². The van der Waals surface area contributed by atoms with E-state index in [0.717, 1.165) is 25.7 Å². The van der Waals surface area contributed by atoms with Gasteiger partial charge in [0.15, 0.2) is 0 Å². The van der Waals surface area contributed by atoms with Gasteiger partial charge in [-0.3, -0.25) is 4.98 Å². The van der Waals surface area contributed by atoms with Gasteiger partial charge in [-0.15, -0.1) is 0 Å². The fourth-order valence-corrected chi connectivity index (χ4v) is 2.38. The van der Waals surface area contributed by atoms with Crippen molar-refractivity contribution in [2.24, 2.45) is 0 Å². The van der Waals surface area contributed by atoms with Crippen molar-refractivity contribution < 1.29 is 5.11 Å². The summed E-state index contributed by atoms with van der Waals surface area (Å²) < 4.78 is 0. The van der Waals surface area contributed by atoms with Crippen molar-refractivity contribution in [2.45, 2.75) is 51.0 Å². The largest absolute Gasteiger partial charge is 0.389 e. The number of allylic oxidation sites excluding steroid dienone is 1. The summed E-state index contributed by atoms with van der Waals surface area (Å²) in [4.78, 5) is 4.09. The minimum absolute atomic E-state index is 0.256. The normalized spacial score (nSPS) is 18.3. The van der Waals surface area contributed by atoms with Gasteiger partial charge in [-0.05, 0) is 55.7 Å². The van der Waals surface area contributed by atoms with E-state index in [9.17, 15) is 5.11 Å². The molecule has 2 rings (SSSR count). The first kappa shape index (κ1) is 12.3. The number of nitrogens with zero attached hydrogens (tertiary/aromatic N) is 1. The Balaban J connectivity index is 1.84. The van der Waals surface area contributed by atoms with Crippen LogP contribution in [0.1, 0.15) is 44.1 Å². The van der Waals surface area contributed by atoms with Crippen molar-refractivity contribution in [3.63, 3.8) is 0 Å². The summed E-state index contributed by atoms with van der Waals surface area (Å²) in [5, 5.41) is 10.2. The molecule has 0 amide bonds. The molecule has 17 heavy (non-hydrogen) atoms. The van der Waals surface area contributed by atoms with Crippen LogP contribution in [-0.4, -0.2) is 16.2 Å². The number of aromatic nitrogens is 1. The van der Waals surface area contributed by atoms with Crippen molar-refractivity contribution in [1.29, 1.82) is 0 Å². The summed E-state index contributed by atoms with van der Waals surface area (Å²) in [6, 6.07) is 4.02. The molecule has 92 valence electrons. The molecule has 0 aliphatic heterocycles. The van der Waals surface area contributed by atoms with E-state index in [0.29, 0.717) is 0 Å². The predicted molar refractivity (Wildman–Crippen MR) is 69.7 cm³/mol. The zero-order valence-corrected chi connectivity index (χ0v) is 10.3. The highest BCUT2D eigenvalue weighted by Gasteiger charge is 2.12. The van der Waals surface area contributed by atoms with Gasteiger partial charge in [0.05, 0.1) is 6.10 Å². The van der Waals surface area contributed by atoms with Gasteiger partial charge in [-0.25, -0.2) is 0 Å². The Hall–Kier alpha value is -1.15. The third kappa shape index (κ3) is 3.97. The number of aryl methyl sites for hydroxylation is 1. The molecule has 0 bridgehead atoms. The first-order valence-corrected chi connectivity index (χ1v) is 6.62. The van der Waals surface area contributed by atoms with Crippen molar-refractivity contribution in [2.75, 3.05) is 0 Å². The van der Waals surface area contributed by atoms with Crippen LogP contribution in [0.15, 0.2) is 36.2 Å². The van der Waals surface area contributed by atoms with Crippen molar-refractivity contribution >= 4 is 0 Å². The summed E-state index contributed by atoms with van der Waals surface area (Å²) in [7, 11) is 0. The quantitative estimate of drug-likeness (QED) is 0.807. The molecule has 1 aromatic heterocycles. The monoisotopic (exact) mass is 231 g/mol. The number of rotatable bonds is 4. The van der Waals surface area contributed by atoms with E-state index < -0.39 is 0 Å². The van der Waals surface area contributed by atoms with Gasteiger partial charge in [-0.1, -0.05) is 18.6 Å². The van der Waals surface area contributed by atoms with E-state index in [1.54, 1.807) is 6.20 Å². The standard InChI is InChI=1S/C15H21NO/c17-15(14-7-3-1-2-4-8-14)10-9-13-6-5-11-16-12-13/h5-7,11-12,15,17H,1-4,8-10H2. The molecule has 1 aliphatic rings. The predicted octanol–water partition coefficient (Wildman–Crippen LogP) is 3.27. The molecule has 0 aromatic carbocycles. The molecule has 1 N–H and O–H groups in total. The van der Waals surface area contributed by atoms with Gasteiger partial charge >= 0.3 is 0 Å². The molecule has 1 aliphatic carbocycles. The van der Waals surface area contributed by atoms with Crippen LogP contribution >= 0.6 is 0 Å². The second-order valence-electron chi connectivity index (χ2n) is 4.79. The van der Waals surface area contributed by atoms with Crippen LogP contribution in [-0.2, 0) is 6.42 Å². The van der Waals surface area contributed by atoms with Gasteiger partial charge in [0.25, 0.3) is 0 Å². The average Bonchev–Trinajstić information content (AvgIpc) is 2.66. The lowest BCUT2D eigenvalue weighted by Crippen LogP contribution is -2.11. The molecule has 1 heterocycles. The third-order valence-corrected chi connectivity index (χ3v) is 3.43. The maximum Gasteiger partial charge on any atom is 0.0753 e. The van der Waals surface area contributed by atoms with Gasteiger partial charge in [0.2, 0.25) is 0 Å². The number of hydrogen-bond acceptors (Lipinski definition) is 2. The van der Waals surface area contributed by atoms with E-state index >= 15 is 0 Å². The first-order valence-electron chi connectivity index (χ1n) is 6.62. The summed E-state index contributed by atoms with van der Waals surface area (Å²) in [6.07, 6.45) is 13.4. The zero-order chi connectivity index (χ0) is 11.9. The Morgan fingerprint density at radius 1 is 1.29 bits per heavy atom. The van der Waals surface area contributed by atoms with Crippen molar-refractivity contribution in [3.8, 4) is 0 Å². The van der Waals surface area contributed by atoms with Crippen LogP contribution in [0.3, 0.4) is 0 Å². The van der Waals surface area contributed by atoms with Crippen molar-refractivity contribution in [1.82, 2.24) is 4.98 Å². The topological polar surface area (TPSA) is 33.1 Å². The van der Waals surface area contributed by atoms with Gasteiger partial charge in [0, 0.05) is 12.4 Å². The Morgan fingerprint density at radius 3 is 3.06 bits per heavy atom. The summed E-state index contributed by atoms with van der Waals surface area (Å²) in [5.74, 6) is 0. The zero-order valence-electron chi connectivity index (χ0n) is 10.3. The van der Waals surface area contributed by atoms with Crippen LogP contribution in [0.5, 0.6) is 0 Å². The van der Waals surface area contributed by atoms with E-state index in [1.165, 1.54) is 30.4 Å². The van der Waals surface area contributed by atoms with Crippen LogP contribution in [0.25, 0.3) is 0 Å². The molecular formula is C15H21NO. The molecule has 0 fully saturated rings. The fraction of sp³-hybridized carbons (Fsp3) is 0.533. The lowest BCUT2D eigenvalue weighted by molar-refractivity contribution is 0.196. The molecule has 2 heteroatoms. The van der Waals surface area contributed by atoms with Gasteiger partial charge in [0.1, 0.15) is 0 Å². The van der Waals surface area contributed by atoms with E-state index in [4.69, 9.17) is 0 Å². The maximum absolute atomic E-state index is 10.2. The summed E-state index contributed by atoms with van der Waals surface area (Å²) in [6.45, 7) is 0. The Labute approximate surface area is 103 Å². The minimum Gasteiger partial charge on any atom is -0.389 e. The molecule has 1 aromatic rings. The Bertz CT molecular complexity index is 358. The van der Waals surface area contributed by atoms with Crippen LogP contribution in [0.4, 0.5) is 0 Å². The van der Waals surface area contributed by atoms with Gasteiger partial charge < -0.3 is 5.11 Å². The Morgan fingerprint density at radius 2 is 2.24 bits per heavy atom. The van der Waals surface area contributed by atoms with E-state index in [-0.39, 0.29) is 6.10 Å². The number of aliphatic hydroxyl groups excluding tert-OH is 1. The lowest BCUT2D eigenvalue weighted by atomic mass is 9.99. The molecule has 1 atom stereocenters.